The van der Waals surface area contributed by atoms with Crippen molar-refractivity contribution in [3.8, 4) is 17.0 Å². The maximum Gasteiger partial charge on any atom is 0.416 e. The van der Waals surface area contributed by atoms with Crippen LogP contribution in [0.25, 0.3) is 11.3 Å². The normalized spacial score (nSPS) is 14.7. The van der Waals surface area contributed by atoms with Gasteiger partial charge in [0.25, 0.3) is 0 Å². The van der Waals surface area contributed by atoms with Gasteiger partial charge in [0.1, 0.15) is 5.75 Å². The van der Waals surface area contributed by atoms with E-state index in [1.807, 2.05) is 29.2 Å². The lowest BCUT2D eigenvalue weighted by Gasteiger charge is -2.32. The van der Waals surface area contributed by atoms with Crippen molar-refractivity contribution in [1.82, 2.24) is 15.2 Å². The van der Waals surface area contributed by atoms with Gasteiger partial charge in [-0.2, -0.15) is 13.2 Å². The smallest absolute Gasteiger partial charge is 0.416 e. The average Bonchev–Trinajstić information content (AvgIpc) is 2.84. The Morgan fingerprint density at radius 1 is 1.12 bits per heavy atom. The molecule has 2 aromatic heterocycles. The molecule has 0 bridgehead atoms. The van der Waals surface area contributed by atoms with Gasteiger partial charge in [-0.25, -0.2) is 0 Å². The number of carbonyl (C=O) groups excluding carboxylic acids is 1. The van der Waals surface area contributed by atoms with E-state index in [4.69, 9.17) is 4.74 Å². The van der Waals surface area contributed by atoms with Gasteiger partial charge < -0.3 is 15.0 Å². The molecule has 0 saturated carbocycles. The summed E-state index contributed by atoms with van der Waals surface area (Å²) in [5.41, 5.74) is 0.756. The zero-order chi connectivity index (χ0) is 23.4. The highest BCUT2D eigenvalue weighted by Gasteiger charge is 2.32. The summed E-state index contributed by atoms with van der Waals surface area (Å²) in [4.78, 5) is 18.9. The predicted molar refractivity (Wildman–Crippen MR) is 117 cm³/mol. The van der Waals surface area contributed by atoms with E-state index in [0.29, 0.717) is 31.7 Å². The molecule has 1 fully saturated rings. The number of benzene rings is 1. The van der Waals surface area contributed by atoms with Crippen LogP contribution >= 0.6 is 0 Å². The van der Waals surface area contributed by atoms with Gasteiger partial charge in [-0.05, 0) is 55.3 Å². The van der Waals surface area contributed by atoms with Crippen LogP contribution in [0, 0.1) is 5.92 Å². The van der Waals surface area contributed by atoms with Crippen LogP contribution in [-0.4, -0.2) is 41.3 Å². The second-order valence-corrected chi connectivity index (χ2v) is 7.68. The van der Waals surface area contributed by atoms with E-state index in [1.165, 1.54) is 13.2 Å². The third-order valence-corrected chi connectivity index (χ3v) is 5.58. The number of hydrogen-bond acceptors (Lipinski definition) is 6. The molecule has 0 radical (unpaired) electrons. The van der Waals surface area contributed by atoms with Crippen molar-refractivity contribution in [2.75, 3.05) is 30.4 Å². The summed E-state index contributed by atoms with van der Waals surface area (Å²) in [5.74, 6) is 0.229. The molecule has 172 valence electrons. The van der Waals surface area contributed by atoms with Crippen molar-refractivity contribution in [3.05, 3.63) is 60.4 Å². The van der Waals surface area contributed by atoms with E-state index in [-0.39, 0.29) is 23.3 Å². The average molecular weight is 457 g/mol. The highest BCUT2D eigenvalue weighted by Crippen LogP contribution is 2.35. The fraction of sp³-hybridized carbons (Fsp3) is 0.304. The predicted octanol–water partition coefficient (Wildman–Crippen LogP) is 4.42. The first-order chi connectivity index (χ1) is 15.8. The van der Waals surface area contributed by atoms with Crippen LogP contribution in [0.15, 0.2) is 54.9 Å². The first kappa shape index (κ1) is 22.5. The Morgan fingerprint density at radius 3 is 2.52 bits per heavy atom. The van der Waals surface area contributed by atoms with Crippen LogP contribution in [0.2, 0.25) is 0 Å². The van der Waals surface area contributed by atoms with Crippen LogP contribution in [-0.2, 0) is 11.0 Å². The maximum atomic E-state index is 13.0. The third kappa shape index (κ3) is 5.21. The SMILES string of the molecule is COc1ccc(C(F)(F)F)cc1NC(=O)C1CCN(c2ccc(-c3cccnc3)nn2)CC1. The Labute approximate surface area is 188 Å². The minimum absolute atomic E-state index is 0.0108. The molecule has 10 heteroatoms. The number of ether oxygens (including phenoxy) is 1. The van der Waals surface area contributed by atoms with E-state index >= 15 is 0 Å². The highest BCUT2D eigenvalue weighted by atomic mass is 19.4. The molecule has 0 aliphatic carbocycles. The van der Waals surface area contributed by atoms with Gasteiger partial charge >= 0.3 is 6.18 Å². The fourth-order valence-electron chi connectivity index (χ4n) is 3.75. The molecule has 4 rings (SSSR count). The Bertz CT molecular complexity index is 1100. The number of hydrogen-bond donors (Lipinski definition) is 1. The Morgan fingerprint density at radius 2 is 1.91 bits per heavy atom. The molecule has 7 nitrogen and oxygen atoms in total. The molecular formula is C23H22F3N5O2. The number of nitrogens with one attached hydrogen (secondary N) is 1. The largest absolute Gasteiger partial charge is 0.495 e. The van der Waals surface area contributed by atoms with E-state index in [9.17, 15) is 18.0 Å². The van der Waals surface area contributed by atoms with E-state index in [0.717, 1.165) is 23.4 Å². The van der Waals surface area contributed by atoms with Gasteiger partial charge in [0.05, 0.1) is 24.1 Å². The lowest BCUT2D eigenvalue weighted by molar-refractivity contribution is -0.137. The number of amides is 1. The summed E-state index contributed by atoms with van der Waals surface area (Å²) in [7, 11) is 1.34. The van der Waals surface area contributed by atoms with Gasteiger partial charge in [-0.1, -0.05) is 0 Å². The number of rotatable bonds is 5. The Kier molecular flexibility index (Phi) is 6.43. The third-order valence-electron chi connectivity index (χ3n) is 5.58. The fourth-order valence-corrected chi connectivity index (χ4v) is 3.75. The number of carbonyl (C=O) groups is 1. The van der Waals surface area contributed by atoms with E-state index in [2.05, 4.69) is 20.5 Å². The standard InChI is InChI=1S/C23H22F3N5O2/c1-33-20-6-4-17(23(24,25)26)13-19(20)28-22(32)15-8-11-31(12-9-15)21-7-5-18(29-30-21)16-3-2-10-27-14-16/h2-7,10,13-15H,8-9,11-12H2,1H3,(H,28,32). The number of anilines is 2. The molecule has 0 spiro atoms. The lowest BCUT2D eigenvalue weighted by atomic mass is 9.95. The lowest BCUT2D eigenvalue weighted by Crippen LogP contribution is -2.38. The highest BCUT2D eigenvalue weighted by molar-refractivity contribution is 5.94. The Hall–Kier alpha value is -3.69. The summed E-state index contributed by atoms with van der Waals surface area (Å²) >= 11 is 0. The van der Waals surface area contributed by atoms with Gasteiger partial charge in [-0.15, -0.1) is 10.2 Å². The molecule has 1 aromatic carbocycles. The van der Waals surface area contributed by atoms with Crippen LogP contribution in [0.5, 0.6) is 5.75 Å². The molecule has 1 aliphatic heterocycles. The monoisotopic (exact) mass is 457 g/mol. The molecule has 0 unspecified atom stereocenters. The second kappa shape index (κ2) is 9.43. The quantitative estimate of drug-likeness (QED) is 0.611. The maximum absolute atomic E-state index is 13.0. The number of methoxy groups -OCH3 is 1. The zero-order valence-corrected chi connectivity index (χ0v) is 17.8. The summed E-state index contributed by atoms with van der Waals surface area (Å²) < 4.78 is 44.3. The van der Waals surface area contributed by atoms with Crippen molar-refractivity contribution in [2.45, 2.75) is 19.0 Å². The van der Waals surface area contributed by atoms with Gasteiger partial charge in [0.15, 0.2) is 5.82 Å². The van der Waals surface area contributed by atoms with E-state index < -0.39 is 11.7 Å². The van der Waals surface area contributed by atoms with Crippen molar-refractivity contribution in [1.29, 1.82) is 0 Å². The molecule has 1 amide bonds. The van der Waals surface area contributed by atoms with Crippen LogP contribution in [0.1, 0.15) is 18.4 Å². The topological polar surface area (TPSA) is 80.2 Å². The molecule has 1 saturated heterocycles. The van der Waals surface area contributed by atoms with Crippen molar-refractivity contribution < 1.29 is 22.7 Å². The van der Waals surface area contributed by atoms with Gasteiger partial charge in [0, 0.05) is 37.0 Å². The summed E-state index contributed by atoms with van der Waals surface area (Å²) in [6.45, 7) is 1.16. The first-order valence-corrected chi connectivity index (χ1v) is 10.4. The van der Waals surface area contributed by atoms with Crippen molar-refractivity contribution >= 4 is 17.4 Å². The van der Waals surface area contributed by atoms with Gasteiger partial charge in [-0.3, -0.25) is 9.78 Å². The summed E-state index contributed by atoms with van der Waals surface area (Å²) in [6.07, 6.45) is -0.0229. The molecule has 3 aromatic rings. The summed E-state index contributed by atoms with van der Waals surface area (Å²) in [6, 6.07) is 10.5. The molecule has 1 aliphatic rings. The summed E-state index contributed by atoms with van der Waals surface area (Å²) in [5, 5.41) is 11.2. The molecule has 33 heavy (non-hydrogen) atoms. The van der Waals surface area contributed by atoms with Crippen molar-refractivity contribution in [3.63, 3.8) is 0 Å². The molecule has 1 N–H and O–H groups in total. The van der Waals surface area contributed by atoms with Crippen LogP contribution < -0.4 is 15.0 Å². The van der Waals surface area contributed by atoms with Crippen LogP contribution in [0.3, 0.4) is 0 Å². The minimum atomic E-state index is -4.51. The second-order valence-electron chi connectivity index (χ2n) is 7.68. The zero-order valence-electron chi connectivity index (χ0n) is 17.8. The number of piperidine rings is 1. The van der Waals surface area contributed by atoms with Crippen molar-refractivity contribution in [2.24, 2.45) is 5.92 Å². The number of alkyl halides is 3. The number of nitrogens with zero attached hydrogens (tertiary/aromatic N) is 4. The minimum Gasteiger partial charge on any atom is -0.495 e. The molecule has 0 atom stereocenters. The number of halogens is 3. The van der Waals surface area contributed by atoms with Crippen LogP contribution in [0.4, 0.5) is 24.7 Å². The van der Waals surface area contributed by atoms with E-state index in [1.54, 1.807) is 12.4 Å². The number of aromatic nitrogens is 3. The molecule has 3 heterocycles. The molecular weight excluding hydrogens is 435 g/mol. The number of pyridine rings is 1. The first-order valence-electron chi connectivity index (χ1n) is 10.4. The Balaban J connectivity index is 1.38. The van der Waals surface area contributed by atoms with Gasteiger partial charge in [0.2, 0.25) is 5.91 Å².